The van der Waals surface area contributed by atoms with Crippen molar-refractivity contribution in [3.8, 4) is 0 Å². The van der Waals surface area contributed by atoms with Gasteiger partial charge in [-0.2, -0.15) is 18.3 Å². The molecule has 0 aliphatic heterocycles. The summed E-state index contributed by atoms with van der Waals surface area (Å²) in [4.78, 5) is 17.9. The van der Waals surface area contributed by atoms with Gasteiger partial charge in [-0.15, -0.1) is 0 Å². The third-order valence-electron chi connectivity index (χ3n) is 3.42. The minimum atomic E-state index is -4.58. The van der Waals surface area contributed by atoms with Crippen molar-refractivity contribution < 1.29 is 13.2 Å². The van der Waals surface area contributed by atoms with E-state index in [2.05, 4.69) is 15.1 Å². The SMILES string of the molecule is O=c1[nH]c(Cc2ccccc2)nn1Cc1cccnc1C(F)(F)F. The number of hydrogen-bond acceptors (Lipinski definition) is 3. The Morgan fingerprint density at radius 3 is 2.54 bits per heavy atom. The van der Waals surface area contributed by atoms with Crippen LogP contribution in [0, 0.1) is 0 Å². The van der Waals surface area contributed by atoms with Gasteiger partial charge in [-0.25, -0.2) is 9.48 Å². The van der Waals surface area contributed by atoms with Crippen molar-refractivity contribution in [3.63, 3.8) is 0 Å². The molecule has 124 valence electrons. The smallest absolute Gasteiger partial charge is 0.292 e. The summed E-state index contributed by atoms with van der Waals surface area (Å²) < 4.78 is 39.9. The summed E-state index contributed by atoms with van der Waals surface area (Å²) in [7, 11) is 0. The molecule has 0 unspecified atom stereocenters. The van der Waals surface area contributed by atoms with E-state index in [0.29, 0.717) is 12.2 Å². The Hall–Kier alpha value is -2.90. The third kappa shape index (κ3) is 3.53. The van der Waals surface area contributed by atoms with E-state index in [9.17, 15) is 18.0 Å². The number of alkyl halides is 3. The first-order valence-electron chi connectivity index (χ1n) is 7.14. The minimum Gasteiger partial charge on any atom is -0.292 e. The molecule has 0 radical (unpaired) electrons. The Labute approximate surface area is 134 Å². The van der Waals surface area contributed by atoms with Crippen molar-refractivity contribution in [2.75, 3.05) is 0 Å². The summed E-state index contributed by atoms with van der Waals surface area (Å²) in [5, 5.41) is 4.08. The molecule has 2 aromatic heterocycles. The van der Waals surface area contributed by atoms with E-state index < -0.39 is 17.6 Å². The average Bonchev–Trinajstić information content (AvgIpc) is 2.87. The second kappa shape index (κ2) is 6.31. The summed E-state index contributed by atoms with van der Waals surface area (Å²) >= 11 is 0. The van der Waals surface area contributed by atoms with Crippen LogP contribution in [0.5, 0.6) is 0 Å². The number of hydrogen-bond donors (Lipinski definition) is 1. The number of nitrogens with one attached hydrogen (secondary N) is 1. The first-order valence-corrected chi connectivity index (χ1v) is 7.14. The maximum atomic E-state index is 13.0. The predicted molar refractivity (Wildman–Crippen MR) is 80.4 cm³/mol. The maximum absolute atomic E-state index is 13.0. The molecule has 0 aliphatic rings. The number of aromatic nitrogens is 4. The molecule has 8 heteroatoms. The van der Waals surface area contributed by atoms with Gasteiger partial charge in [0.1, 0.15) is 11.5 Å². The predicted octanol–water partition coefficient (Wildman–Crippen LogP) is 2.62. The van der Waals surface area contributed by atoms with E-state index in [-0.39, 0.29) is 12.1 Å². The Morgan fingerprint density at radius 2 is 1.83 bits per heavy atom. The number of H-pyrrole nitrogens is 1. The number of benzene rings is 1. The molecule has 5 nitrogen and oxygen atoms in total. The van der Waals surface area contributed by atoms with Crippen molar-refractivity contribution in [2.24, 2.45) is 0 Å². The van der Waals surface area contributed by atoms with Gasteiger partial charge in [-0.05, 0) is 11.6 Å². The standard InChI is InChI=1S/C16H13F3N4O/c17-16(18,19)14-12(7-4-8-20-14)10-23-15(24)21-13(22-23)9-11-5-2-1-3-6-11/h1-8H,9-10H2,(H,21,22,24). The molecule has 0 saturated carbocycles. The van der Waals surface area contributed by atoms with E-state index in [1.165, 1.54) is 12.1 Å². The van der Waals surface area contributed by atoms with Crippen molar-refractivity contribution in [1.82, 2.24) is 19.7 Å². The fraction of sp³-hybridized carbons (Fsp3) is 0.188. The van der Waals surface area contributed by atoms with Crippen LogP contribution < -0.4 is 5.69 Å². The first-order chi connectivity index (χ1) is 11.4. The topological polar surface area (TPSA) is 63.6 Å². The van der Waals surface area contributed by atoms with E-state index in [1.54, 1.807) is 0 Å². The fourth-order valence-corrected chi connectivity index (χ4v) is 2.36. The summed E-state index contributed by atoms with van der Waals surface area (Å²) in [6.45, 7) is -0.299. The zero-order valence-corrected chi connectivity index (χ0v) is 12.4. The molecule has 0 amide bonds. The molecule has 1 aromatic carbocycles. The van der Waals surface area contributed by atoms with Gasteiger partial charge in [0.05, 0.1) is 6.54 Å². The zero-order chi connectivity index (χ0) is 17.2. The van der Waals surface area contributed by atoms with Gasteiger partial charge in [0.2, 0.25) is 0 Å². The van der Waals surface area contributed by atoms with Crippen LogP contribution in [0.2, 0.25) is 0 Å². The molecule has 3 rings (SSSR count). The van der Waals surface area contributed by atoms with E-state index in [0.717, 1.165) is 16.4 Å². The quantitative estimate of drug-likeness (QED) is 0.798. The van der Waals surface area contributed by atoms with Crippen LogP contribution in [0.15, 0.2) is 53.5 Å². The minimum absolute atomic E-state index is 0.107. The fourth-order valence-electron chi connectivity index (χ4n) is 2.36. The van der Waals surface area contributed by atoms with Crippen molar-refractivity contribution in [1.29, 1.82) is 0 Å². The lowest BCUT2D eigenvalue weighted by atomic mass is 10.1. The van der Waals surface area contributed by atoms with Crippen LogP contribution in [0.4, 0.5) is 13.2 Å². The van der Waals surface area contributed by atoms with Crippen LogP contribution in [0.1, 0.15) is 22.6 Å². The normalized spacial score (nSPS) is 11.6. The molecular weight excluding hydrogens is 321 g/mol. The van der Waals surface area contributed by atoms with E-state index in [4.69, 9.17) is 0 Å². The Bertz CT molecular complexity index is 884. The van der Waals surface area contributed by atoms with Gasteiger partial charge in [0, 0.05) is 18.2 Å². The summed E-state index contributed by atoms with van der Waals surface area (Å²) in [5.41, 5.74) is -0.733. The summed E-state index contributed by atoms with van der Waals surface area (Å²) in [6, 6.07) is 12.0. The Kier molecular flexibility index (Phi) is 4.20. The number of rotatable bonds is 4. The van der Waals surface area contributed by atoms with Gasteiger partial charge in [-0.3, -0.25) is 9.97 Å². The number of pyridine rings is 1. The van der Waals surface area contributed by atoms with E-state index >= 15 is 0 Å². The van der Waals surface area contributed by atoms with Gasteiger partial charge in [-0.1, -0.05) is 36.4 Å². The highest BCUT2D eigenvalue weighted by Crippen LogP contribution is 2.30. The lowest BCUT2D eigenvalue weighted by Gasteiger charge is -2.10. The summed E-state index contributed by atoms with van der Waals surface area (Å²) in [5.74, 6) is 0.392. The molecule has 1 N–H and O–H groups in total. The van der Waals surface area contributed by atoms with Gasteiger partial charge >= 0.3 is 11.9 Å². The lowest BCUT2D eigenvalue weighted by molar-refractivity contribution is -0.141. The second-order valence-electron chi connectivity index (χ2n) is 5.21. The molecule has 24 heavy (non-hydrogen) atoms. The Morgan fingerprint density at radius 1 is 1.08 bits per heavy atom. The first kappa shape index (κ1) is 16.0. The third-order valence-corrected chi connectivity index (χ3v) is 3.42. The van der Waals surface area contributed by atoms with Crippen molar-refractivity contribution >= 4 is 0 Å². The van der Waals surface area contributed by atoms with Crippen LogP contribution >= 0.6 is 0 Å². The van der Waals surface area contributed by atoms with Gasteiger partial charge < -0.3 is 0 Å². The molecule has 2 heterocycles. The molecule has 0 aliphatic carbocycles. The molecular formula is C16H13F3N4O. The molecule has 3 aromatic rings. The monoisotopic (exact) mass is 334 g/mol. The second-order valence-corrected chi connectivity index (χ2v) is 5.21. The van der Waals surface area contributed by atoms with Gasteiger partial charge in [0.15, 0.2) is 0 Å². The molecule has 0 bridgehead atoms. The highest BCUT2D eigenvalue weighted by molar-refractivity contribution is 5.23. The van der Waals surface area contributed by atoms with E-state index in [1.807, 2.05) is 30.3 Å². The van der Waals surface area contributed by atoms with Crippen molar-refractivity contribution in [3.05, 3.63) is 81.8 Å². The van der Waals surface area contributed by atoms with Gasteiger partial charge in [0.25, 0.3) is 0 Å². The lowest BCUT2D eigenvalue weighted by Crippen LogP contribution is -2.21. The molecule has 0 atom stereocenters. The number of halogens is 3. The molecule has 0 fully saturated rings. The maximum Gasteiger partial charge on any atom is 0.433 e. The zero-order valence-electron chi connectivity index (χ0n) is 12.4. The van der Waals surface area contributed by atoms with Crippen LogP contribution in [-0.2, 0) is 19.1 Å². The number of aromatic amines is 1. The number of nitrogens with zero attached hydrogens (tertiary/aromatic N) is 3. The molecule has 0 saturated heterocycles. The average molecular weight is 334 g/mol. The summed E-state index contributed by atoms with van der Waals surface area (Å²) in [6.07, 6.45) is -3.12. The highest BCUT2D eigenvalue weighted by Gasteiger charge is 2.35. The largest absolute Gasteiger partial charge is 0.433 e. The van der Waals surface area contributed by atoms with Crippen LogP contribution in [0.25, 0.3) is 0 Å². The molecule has 0 spiro atoms. The van der Waals surface area contributed by atoms with Crippen molar-refractivity contribution in [2.45, 2.75) is 19.1 Å². The van der Waals surface area contributed by atoms with Crippen LogP contribution in [0.3, 0.4) is 0 Å². The Balaban J connectivity index is 1.86. The van der Waals surface area contributed by atoms with Crippen LogP contribution in [-0.4, -0.2) is 19.7 Å². The highest BCUT2D eigenvalue weighted by atomic mass is 19.4.